The molecule has 100 valence electrons. The Labute approximate surface area is 113 Å². The van der Waals surface area contributed by atoms with Crippen LogP contribution in [0, 0.1) is 11.7 Å². The molecule has 1 aliphatic heterocycles. The van der Waals surface area contributed by atoms with Gasteiger partial charge < -0.3 is 5.73 Å². The Morgan fingerprint density at radius 3 is 2.83 bits per heavy atom. The van der Waals surface area contributed by atoms with Crippen molar-refractivity contribution in [3.8, 4) is 0 Å². The van der Waals surface area contributed by atoms with Crippen LogP contribution in [0.5, 0.6) is 0 Å². The molecule has 2 N–H and O–H groups in total. The highest BCUT2D eigenvalue weighted by molar-refractivity contribution is 6.31. The predicted molar refractivity (Wildman–Crippen MR) is 73.2 cm³/mol. The molecule has 1 heterocycles. The van der Waals surface area contributed by atoms with E-state index in [-0.39, 0.29) is 17.9 Å². The Kier molecular flexibility index (Phi) is 4.25. The number of nitrogens with two attached hydrogens (primary N) is 1. The van der Waals surface area contributed by atoms with Gasteiger partial charge in [-0.3, -0.25) is 4.90 Å². The molecule has 0 saturated carbocycles. The van der Waals surface area contributed by atoms with Gasteiger partial charge in [-0.15, -0.1) is 0 Å². The molecular formula is C14H20ClFN2. The summed E-state index contributed by atoms with van der Waals surface area (Å²) in [5.74, 6) is 0.199. The van der Waals surface area contributed by atoms with E-state index in [1.165, 1.54) is 12.1 Å². The fraction of sp³-hybridized carbons (Fsp3) is 0.571. The van der Waals surface area contributed by atoms with Crippen LogP contribution >= 0.6 is 11.6 Å². The van der Waals surface area contributed by atoms with Crippen molar-refractivity contribution >= 4 is 11.6 Å². The van der Waals surface area contributed by atoms with Gasteiger partial charge in [-0.2, -0.15) is 0 Å². The van der Waals surface area contributed by atoms with Crippen molar-refractivity contribution in [1.82, 2.24) is 4.90 Å². The zero-order valence-corrected chi connectivity index (χ0v) is 11.6. The lowest BCUT2D eigenvalue weighted by molar-refractivity contribution is 0.124. The number of nitrogens with zero attached hydrogens (tertiary/aromatic N) is 1. The van der Waals surface area contributed by atoms with Crippen LogP contribution in [0.4, 0.5) is 4.39 Å². The number of benzene rings is 1. The van der Waals surface area contributed by atoms with Crippen LogP contribution in [-0.4, -0.2) is 24.0 Å². The fourth-order valence-electron chi connectivity index (χ4n) is 2.58. The molecule has 3 unspecified atom stereocenters. The van der Waals surface area contributed by atoms with Crippen molar-refractivity contribution in [1.29, 1.82) is 0 Å². The molecule has 2 nitrogen and oxygen atoms in total. The predicted octanol–water partition coefficient (Wildman–Crippen LogP) is 3.21. The Balaban J connectivity index is 2.13. The summed E-state index contributed by atoms with van der Waals surface area (Å²) in [5, 5.41) is 0.505. The first-order valence-electron chi connectivity index (χ1n) is 6.43. The minimum atomic E-state index is -0.287. The summed E-state index contributed by atoms with van der Waals surface area (Å²) < 4.78 is 13.1. The first kappa shape index (κ1) is 13.8. The van der Waals surface area contributed by atoms with Crippen molar-refractivity contribution in [3.05, 3.63) is 34.6 Å². The van der Waals surface area contributed by atoms with Crippen molar-refractivity contribution < 1.29 is 4.39 Å². The molecule has 0 bridgehead atoms. The van der Waals surface area contributed by atoms with E-state index in [4.69, 9.17) is 17.3 Å². The summed E-state index contributed by atoms with van der Waals surface area (Å²) in [6, 6.07) is 5.12. The zero-order valence-electron chi connectivity index (χ0n) is 10.9. The van der Waals surface area contributed by atoms with E-state index in [2.05, 4.69) is 18.7 Å². The van der Waals surface area contributed by atoms with Crippen LogP contribution in [0.25, 0.3) is 0 Å². The number of likely N-dealkylation sites (tertiary alicyclic amines) is 1. The molecule has 1 saturated heterocycles. The molecule has 0 spiro atoms. The van der Waals surface area contributed by atoms with Gasteiger partial charge in [-0.1, -0.05) is 24.6 Å². The fourth-order valence-corrected chi connectivity index (χ4v) is 2.91. The number of rotatable bonds is 2. The van der Waals surface area contributed by atoms with Crippen molar-refractivity contribution in [2.75, 3.05) is 13.1 Å². The van der Waals surface area contributed by atoms with E-state index < -0.39 is 0 Å². The standard InChI is InChI=1S/C14H20ClFN2/c1-9-8-18(6-5-14(9)17)10(2)12-4-3-11(16)7-13(12)15/h3-4,7,9-10,14H,5-6,8,17H2,1-2H3. The quantitative estimate of drug-likeness (QED) is 0.894. The van der Waals surface area contributed by atoms with Crippen molar-refractivity contribution in [3.63, 3.8) is 0 Å². The van der Waals surface area contributed by atoms with E-state index in [1.807, 2.05) is 0 Å². The Morgan fingerprint density at radius 1 is 1.50 bits per heavy atom. The minimum Gasteiger partial charge on any atom is -0.327 e. The maximum absolute atomic E-state index is 13.1. The van der Waals surface area contributed by atoms with Crippen molar-refractivity contribution in [2.24, 2.45) is 11.7 Å². The monoisotopic (exact) mass is 270 g/mol. The molecular weight excluding hydrogens is 251 g/mol. The largest absolute Gasteiger partial charge is 0.327 e. The SMILES string of the molecule is CC1CN(C(C)c2ccc(F)cc2Cl)CCC1N. The van der Waals surface area contributed by atoms with Gasteiger partial charge in [0.1, 0.15) is 5.82 Å². The molecule has 2 rings (SSSR count). The first-order chi connectivity index (χ1) is 8.49. The van der Waals surface area contributed by atoms with Gasteiger partial charge in [0.25, 0.3) is 0 Å². The normalized spacial score (nSPS) is 27.2. The van der Waals surface area contributed by atoms with Crippen LogP contribution < -0.4 is 5.73 Å². The second-order valence-corrected chi connectivity index (χ2v) is 5.67. The minimum absolute atomic E-state index is 0.202. The van der Waals surface area contributed by atoms with Crippen LogP contribution in [0.1, 0.15) is 31.9 Å². The number of hydrogen-bond acceptors (Lipinski definition) is 2. The lowest BCUT2D eigenvalue weighted by Gasteiger charge is -2.39. The third-order valence-corrected chi connectivity index (χ3v) is 4.29. The summed E-state index contributed by atoms with van der Waals surface area (Å²) in [6.07, 6.45) is 1.00. The topological polar surface area (TPSA) is 29.3 Å². The second-order valence-electron chi connectivity index (χ2n) is 5.27. The average molecular weight is 271 g/mol. The average Bonchev–Trinajstić information content (AvgIpc) is 2.32. The zero-order chi connectivity index (χ0) is 13.3. The summed E-state index contributed by atoms with van der Waals surface area (Å²) >= 11 is 6.12. The molecule has 1 fully saturated rings. The highest BCUT2D eigenvalue weighted by atomic mass is 35.5. The van der Waals surface area contributed by atoms with Gasteiger partial charge in [0.05, 0.1) is 0 Å². The number of halogens is 2. The van der Waals surface area contributed by atoms with Crippen LogP contribution in [0.15, 0.2) is 18.2 Å². The van der Waals surface area contributed by atoms with E-state index in [9.17, 15) is 4.39 Å². The highest BCUT2D eigenvalue weighted by Gasteiger charge is 2.27. The Morgan fingerprint density at radius 2 is 2.22 bits per heavy atom. The van der Waals surface area contributed by atoms with Gasteiger partial charge in [-0.05, 0) is 37.0 Å². The summed E-state index contributed by atoms with van der Waals surface area (Å²) in [4.78, 5) is 2.37. The number of piperidine rings is 1. The van der Waals surface area contributed by atoms with E-state index in [0.29, 0.717) is 10.9 Å². The highest BCUT2D eigenvalue weighted by Crippen LogP contribution is 2.30. The van der Waals surface area contributed by atoms with Gasteiger partial charge in [0.2, 0.25) is 0 Å². The van der Waals surface area contributed by atoms with Crippen LogP contribution in [0.3, 0.4) is 0 Å². The summed E-state index contributed by atoms with van der Waals surface area (Å²) in [6.45, 7) is 6.23. The molecule has 0 amide bonds. The van der Waals surface area contributed by atoms with Gasteiger partial charge in [-0.25, -0.2) is 4.39 Å². The lowest BCUT2D eigenvalue weighted by atomic mass is 9.92. The maximum Gasteiger partial charge on any atom is 0.124 e. The number of hydrogen-bond donors (Lipinski definition) is 1. The summed E-state index contributed by atoms with van der Waals surface area (Å²) in [7, 11) is 0. The molecule has 1 aromatic carbocycles. The second kappa shape index (κ2) is 5.55. The van der Waals surface area contributed by atoms with E-state index in [1.54, 1.807) is 6.07 Å². The molecule has 0 aromatic heterocycles. The maximum atomic E-state index is 13.1. The lowest BCUT2D eigenvalue weighted by Crippen LogP contribution is -2.46. The molecule has 3 atom stereocenters. The van der Waals surface area contributed by atoms with Crippen molar-refractivity contribution in [2.45, 2.75) is 32.4 Å². The molecule has 1 aromatic rings. The Bertz CT molecular complexity index is 424. The summed E-state index contributed by atoms with van der Waals surface area (Å²) in [5.41, 5.74) is 7.01. The van der Waals surface area contributed by atoms with Gasteiger partial charge >= 0.3 is 0 Å². The third kappa shape index (κ3) is 2.85. The molecule has 0 radical (unpaired) electrons. The molecule has 4 heteroatoms. The molecule has 0 aliphatic carbocycles. The van der Waals surface area contributed by atoms with Gasteiger partial charge in [0.15, 0.2) is 0 Å². The van der Waals surface area contributed by atoms with E-state index in [0.717, 1.165) is 25.1 Å². The Hall–Kier alpha value is -0.640. The third-order valence-electron chi connectivity index (χ3n) is 3.96. The van der Waals surface area contributed by atoms with Crippen LogP contribution in [-0.2, 0) is 0 Å². The molecule has 1 aliphatic rings. The van der Waals surface area contributed by atoms with Gasteiger partial charge in [0, 0.05) is 30.2 Å². The van der Waals surface area contributed by atoms with E-state index >= 15 is 0 Å². The molecule has 18 heavy (non-hydrogen) atoms. The first-order valence-corrected chi connectivity index (χ1v) is 6.81. The smallest absolute Gasteiger partial charge is 0.124 e. The van der Waals surface area contributed by atoms with Crippen LogP contribution in [0.2, 0.25) is 5.02 Å².